The van der Waals surface area contributed by atoms with Gasteiger partial charge in [-0.2, -0.15) is 13.2 Å². The van der Waals surface area contributed by atoms with Gasteiger partial charge in [0.1, 0.15) is 10.7 Å². The molecule has 0 bridgehead atoms. The first-order valence-corrected chi connectivity index (χ1v) is 7.74. The first-order chi connectivity index (χ1) is 10.9. The second-order valence-electron chi connectivity index (χ2n) is 4.72. The summed E-state index contributed by atoms with van der Waals surface area (Å²) in [4.78, 5) is 10.3. The number of rotatable bonds is 3. The maximum Gasteiger partial charge on any atom is 0.419 e. The topological polar surface area (TPSA) is 97.5 Å². The number of carboxylic acids is 1. The van der Waals surface area contributed by atoms with E-state index in [1.807, 2.05) is 0 Å². The van der Waals surface area contributed by atoms with Crippen LogP contribution in [0.3, 0.4) is 0 Å². The third kappa shape index (κ3) is 3.39. The molecule has 10 heteroatoms. The number of primary sulfonamides is 1. The van der Waals surface area contributed by atoms with Crippen molar-refractivity contribution in [2.45, 2.75) is 11.1 Å². The van der Waals surface area contributed by atoms with Crippen LogP contribution in [0.5, 0.6) is 0 Å². The van der Waals surface area contributed by atoms with E-state index in [0.717, 1.165) is 24.3 Å². The van der Waals surface area contributed by atoms with Gasteiger partial charge in [-0.25, -0.2) is 22.7 Å². The van der Waals surface area contributed by atoms with Crippen LogP contribution in [0.2, 0.25) is 0 Å². The minimum atomic E-state index is -5.01. The Hall–Kier alpha value is -2.46. The highest BCUT2D eigenvalue weighted by Crippen LogP contribution is 2.36. The maximum absolute atomic E-state index is 13.4. The van der Waals surface area contributed by atoms with E-state index in [4.69, 9.17) is 10.2 Å². The standard InChI is InChI=1S/C14H9F4NO4S/c15-11-5-4-7(6-10(11)14(16,17)18)8-2-1-3-9(13(20)21)12(8)24(19,22)23/h1-6H,(H,20,21)(H2,19,22,23). The van der Waals surface area contributed by atoms with Gasteiger partial charge in [-0.1, -0.05) is 18.2 Å². The van der Waals surface area contributed by atoms with Crippen molar-refractivity contribution < 1.29 is 35.9 Å². The molecule has 3 N–H and O–H groups in total. The Morgan fingerprint density at radius 2 is 1.75 bits per heavy atom. The lowest BCUT2D eigenvalue weighted by Crippen LogP contribution is -2.18. The molecule has 2 rings (SSSR count). The summed E-state index contributed by atoms with van der Waals surface area (Å²) in [5.41, 5.74) is -3.02. The van der Waals surface area contributed by atoms with E-state index in [2.05, 4.69) is 0 Å². The Labute approximate surface area is 133 Å². The first kappa shape index (κ1) is 17.9. The van der Waals surface area contributed by atoms with Gasteiger partial charge in [0.05, 0.1) is 11.1 Å². The summed E-state index contributed by atoms with van der Waals surface area (Å²) in [5, 5.41) is 14.1. The molecule has 0 spiro atoms. The zero-order valence-electron chi connectivity index (χ0n) is 11.6. The summed E-state index contributed by atoms with van der Waals surface area (Å²) in [7, 11) is -4.57. The number of hydrogen-bond acceptors (Lipinski definition) is 3. The van der Waals surface area contributed by atoms with Crippen LogP contribution in [0, 0.1) is 5.82 Å². The maximum atomic E-state index is 13.4. The first-order valence-electron chi connectivity index (χ1n) is 6.19. The number of nitrogens with two attached hydrogens (primary N) is 1. The largest absolute Gasteiger partial charge is 0.478 e. The van der Waals surface area contributed by atoms with Gasteiger partial charge in [0.2, 0.25) is 10.0 Å². The van der Waals surface area contributed by atoms with Crippen LogP contribution in [-0.4, -0.2) is 19.5 Å². The van der Waals surface area contributed by atoms with Gasteiger partial charge in [-0.15, -0.1) is 0 Å². The van der Waals surface area contributed by atoms with Crippen LogP contribution >= 0.6 is 0 Å². The second-order valence-corrected chi connectivity index (χ2v) is 6.22. The molecule has 0 amide bonds. The zero-order valence-corrected chi connectivity index (χ0v) is 12.5. The third-order valence-corrected chi connectivity index (χ3v) is 4.12. The van der Waals surface area contributed by atoms with E-state index in [0.29, 0.717) is 12.1 Å². The van der Waals surface area contributed by atoms with Gasteiger partial charge in [-0.3, -0.25) is 0 Å². The predicted molar refractivity (Wildman–Crippen MR) is 75.2 cm³/mol. The zero-order chi connectivity index (χ0) is 18.3. The Morgan fingerprint density at radius 3 is 2.25 bits per heavy atom. The Bertz CT molecular complexity index is 923. The minimum absolute atomic E-state index is 0.337. The monoisotopic (exact) mass is 363 g/mol. The molecule has 0 aliphatic carbocycles. The van der Waals surface area contributed by atoms with Crippen molar-refractivity contribution in [2.24, 2.45) is 5.14 Å². The highest BCUT2D eigenvalue weighted by atomic mass is 32.2. The molecular weight excluding hydrogens is 354 g/mol. The van der Waals surface area contributed by atoms with Gasteiger partial charge in [0.25, 0.3) is 0 Å². The smallest absolute Gasteiger partial charge is 0.419 e. The second kappa shape index (κ2) is 5.87. The van der Waals surface area contributed by atoms with Crippen LogP contribution < -0.4 is 5.14 Å². The van der Waals surface area contributed by atoms with Gasteiger partial charge >= 0.3 is 12.1 Å². The molecular formula is C14H9F4NO4S. The van der Waals surface area contributed by atoms with Crippen molar-refractivity contribution >= 4 is 16.0 Å². The summed E-state index contributed by atoms with van der Waals surface area (Å²) in [6, 6.07) is 4.98. The summed E-state index contributed by atoms with van der Waals surface area (Å²) in [6.07, 6.45) is -5.01. The molecule has 0 fully saturated rings. The van der Waals surface area contributed by atoms with Crippen LogP contribution in [0.15, 0.2) is 41.3 Å². The van der Waals surface area contributed by atoms with Gasteiger partial charge in [0, 0.05) is 5.56 Å². The highest BCUT2D eigenvalue weighted by Gasteiger charge is 2.35. The van der Waals surface area contributed by atoms with Crippen LogP contribution in [0.1, 0.15) is 15.9 Å². The summed E-state index contributed by atoms with van der Waals surface area (Å²) < 4.78 is 75.2. The van der Waals surface area contributed by atoms with Gasteiger partial charge in [0.15, 0.2) is 0 Å². The van der Waals surface area contributed by atoms with Crippen molar-refractivity contribution in [3.05, 3.63) is 53.3 Å². The lowest BCUT2D eigenvalue weighted by molar-refractivity contribution is -0.139. The minimum Gasteiger partial charge on any atom is -0.478 e. The van der Waals surface area contributed by atoms with Crippen LogP contribution in [0.25, 0.3) is 11.1 Å². The fourth-order valence-electron chi connectivity index (χ4n) is 2.15. The molecule has 2 aromatic carbocycles. The number of sulfonamides is 1. The molecule has 0 radical (unpaired) electrons. The summed E-state index contributed by atoms with van der Waals surface area (Å²) in [5.74, 6) is -3.17. The number of carbonyl (C=O) groups is 1. The number of carboxylic acid groups (broad SMARTS) is 1. The van der Waals surface area contributed by atoms with E-state index >= 15 is 0 Å². The highest BCUT2D eigenvalue weighted by molar-refractivity contribution is 7.89. The molecule has 0 aromatic heterocycles. The number of benzene rings is 2. The van der Waals surface area contributed by atoms with E-state index in [1.165, 1.54) is 0 Å². The molecule has 128 valence electrons. The molecule has 0 aliphatic rings. The Kier molecular flexibility index (Phi) is 4.38. The van der Waals surface area contributed by atoms with Crippen molar-refractivity contribution in [1.29, 1.82) is 0 Å². The van der Waals surface area contributed by atoms with Crippen LogP contribution in [0.4, 0.5) is 17.6 Å². The van der Waals surface area contributed by atoms with E-state index < -0.39 is 44.0 Å². The number of hydrogen-bond donors (Lipinski definition) is 2. The lowest BCUT2D eigenvalue weighted by atomic mass is 10.0. The number of halogens is 4. The molecule has 0 saturated carbocycles. The van der Waals surface area contributed by atoms with Crippen molar-refractivity contribution in [2.75, 3.05) is 0 Å². The van der Waals surface area contributed by atoms with Gasteiger partial charge < -0.3 is 5.11 Å². The molecule has 0 aliphatic heterocycles. The fraction of sp³-hybridized carbons (Fsp3) is 0.0714. The van der Waals surface area contributed by atoms with Crippen LogP contribution in [-0.2, 0) is 16.2 Å². The Morgan fingerprint density at radius 1 is 1.12 bits per heavy atom. The van der Waals surface area contributed by atoms with Gasteiger partial charge in [-0.05, 0) is 23.8 Å². The summed E-state index contributed by atoms with van der Waals surface area (Å²) >= 11 is 0. The normalized spacial score (nSPS) is 12.2. The molecule has 5 nitrogen and oxygen atoms in total. The number of alkyl halides is 3. The third-order valence-electron chi connectivity index (χ3n) is 3.11. The predicted octanol–water partition coefficient (Wildman–Crippen LogP) is 2.86. The van der Waals surface area contributed by atoms with E-state index in [-0.39, 0.29) is 11.1 Å². The average Bonchev–Trinajstić information content (AvgIpc) is 2.44. The van der Waals surface area contributed by atoms with Crippen molar-refractivity contribution in [3.63, 3.8) is 0 Å². The molecule has 0 unspecified atom stereocenters. The molecule has 0 saturated heterocycles. The van der Waals surface area contributed by atoms with E-state index in [1.54, 1.807) is 0 Å². The summed E-state index contributed by atoms with van der Waals surface area (Å²) in [6.45, 7) is 0. The number of aromatic carboxylic acids is 1. The molecule has 0 atom stereocenters. The average molecular weight is 363 g/mol. The lowest BCUT2D eigenvalue weighted by Gasteiger charge is -2.14. The molecule has 0 heterocycles. The SMILES string of the molecule is NS(=O)(=O)c1c(C(=O)O)cccc1-c1ccc(F)c(C(F)(F)F)c1. The van der Waals surface area contributed by atoms with Crippen molar-refractivity contribution in [3.8, 4) is 11.1 Å². The Balaban J connectivity index is 2.84. The quantitative estimate of drug-likeness (QED) is 0.820. The molecule has 24 heavy (non-hydrogen) atoms. The van der Waals surface area contributed by atoms with E-state index in [9.17, 15) is 30.8 Å². The van der Waals surface area contributed by atoms with Crippen molar-refractivity contribution in [1.82, 2.24) is 0 Å². The fourth-order valence-corrected chi connectivity index (χ4v) is 3.10. The molecule has 2 aromatic rings.